The van der Waals surface area contributed by atoms with Crippen molar-refractivity contribution in [3.05, 3.63) is 0 Å². The van der Waals surface area contributed by atoms with Crippen LogP contribution in [0.4, 0.5) is 0 Å². The lowest BCUT2D eigenvalue weighted by atomic mass is 9.91. The van der Waals surface area contributed by atoms with Crippen LogP contribution in [-0.4, -0.2) is 31.9 Å². The van der Waals surface area contributed by atoms with E-state index in [0.717, 1.165) is 44.8 Å². The van der Waals surface area contributed by atoms with E-state index in [1.54, 1.807) is 0 Å². The summed E-state index contributed by atoms with van der Waals surface area (Å²) in [6.45, 7) is 4.51. The van der Waals surface area contributed by atoms with E-state index in [0.29, 0.717) is 12.8 Å². The Bertz CT molecular complexity index is 663. The Hall–Kier alpha value is -0.620. The first-order chi connectivity index (χ1) is 19.8. The smallest absolute Gasteiger partial charge is 0.309 e. The molecule has 246 valence electrons. The van der Waals surface area contributed by atoms with Gasteiger partial charge >= 0.3 is 5.97 Å². The highest BCUT2D eigenvalue weighted by Crippen LogP contribution is 2.24. The topological polar surface area (TPSA) is 80.7 Å². The predicted molar refractivity (Wildman–Crippen MR) is 176 cm³/mol. The van der Waals surface area contributed by atoms with Crippen LogP contribution in [0.3, 0.4) is 0 Å². The van der Waals surface area contributed by atoms with Crippen molar-refractivity contribution >= 4 is 16.1 Å². The molecule has 0 aromatic rings. The minimum atomic E-state index is -3.69. The molecule has 0 aliphatic carbocycles. The van der Waals surface area contributed by atoms with Crippen molar-refractivity contribution < 1.29 is 22.5 Å². The maximum Gasteiger partial charge on any atom is 0.309 e. The number of unbranched alkanes of at least 4 members (excludes halogenated alkanes) is 25. The fraction of sp³-hybridized carbons (Fsp3) is 0.971. The van der Waals surface area contributed by atoms with Crippen molar-refractivity contribution in [2.24, 2.45) is 5.92 Å². The van der Waals surface area contributed by atoms with Crippen molar-refractivity contribution in [2.45, 2.75) is 206 Å². The molecular formula is C35H70O5S. The molecule has 0 aromatic heterocycles. The van der Waals surface area contributed by atoms with E-state index in [1.807, 2.05) is 0 Å². The number of hydrogen-bond acceptors (Lipinski definition) is 4. The molecule has 0 saturated carbocycles. The second kappa shape index (κ2) is 29.5. The normalized spacial score (nSPS) is 13.4. The van der Waals surface area contributed by atoms with Gasteiger partial charge < -0.3 is 5.11 Å². The zero-order chi connectivity index (χ0) is 30.4. The maximum atomic E-state index is 12.0. The summed E-state index contributed by atoms with van der Waals surface area (Å²) in [4.78, 5) is 12.0. The van der Waals surface area contributed by atoms with Gasteiger partial charge in [0.15, 0.2) is 0 Å². The first-order valence-electron chi connectivity index (χ1n) is 17.9. The molecule has 1 N–H and O–H groups in total. The molecule has 0 aliphatic heterocycles. The molecule has 0 amide bonds. The van der Waals surface area contributed by atoms with Gasteiger partial charge in [-0.25, -0.2) is 0 Å². The number of aliphatic carboxylic acids is 1. The van der Waals surface area contributed by atoms with Crippen LogP contribution < -0.4 is 0 Å². The van der Waals surface area contributed by atoms with Crippen LogP contribution in [0.1, 0.15) is 200 Å². The maximum absolute atomic E-state index is 12.0. The van der Waals surface area contributed by atoms with E-state index < -0.39 is 28.1 Å². The fourth-order valence-corrected chi connectivity index (χ4v) is 6.61. The molecule has 0 bridgehead atoms. The third-order valence-corrected chi connectivity index (χ3v) is 9.12. The minimum absolute atomic E-state index is 0.492. The van der Waals surface area contributed by atoms with Gasteiger partial charge in [-0.15, -0.1) is 0 Å². The quantitative estimate of drug-likeness (QED) is 0.0597. The van der Waals surface area contributed by atoms with Gasteiger partial charge in [-0.3, -0.25) is 8.98 Å². The Kier molecular flexibility index (Phi) is 29.0. The minimum Gasteiger partial charge on any atom is -0.481 e. The summed E-state index contributed by atoms with van der Waals surface area (Å²) in [6, 6.07) is 0. The molecule has 0 heterocycles. The summed E-state index contributed by atoms with van der Waals surface area (Å²) in [5.41, 5.74) is 0. The lowest BCUT2D eigenvalue weighted by Gasteiger charge is -2.23. The van der Waals surface area contributed by atoms with Crippen LogP contribution in [0.25, 0.3) is 0 Å². The van der Waals surface area contributed by atoms with Crippen LogP contribution in [0.5, 0.6) is 0 Å². The standard InChI is InChI=1S/C35H70O5S/c1-4-6-8-10-12-14-16-17-18-19-20-22-23-25-27-29-31-33(35(36)37)34(40-41(3,38)39)32-30-28-26-24-21-15-13-11-9-7-5-2/h33-34H,4-32H2,1-3H3,(H,36,37)/t33-,34+/m0/s1. The predicted octanol–water partition coefficient (Wildman–Crippen LogP) is 11.4. The van der Waals surface area contributed by atoms with E-state index in [-0.39, 0.29) is 0 Å². The Morgan fingerprint density at radius 3 is 1.05 bits per heavy atom. The van der Waals surface area contributed by atoms with Gasteiger partial charge in [0, 0.05) is 0 Å². The highest BCUT2D eigenvalue weighted by Gasteiger charge is 2.31. The van der Waals surface area contributed by atoms with Gasteiger partial charge in [0.25, 0.3) is 10.1 Å². The van der Waals surface area contributed by atoms with E-state index in [2.05, 4.69) is 13.8 Å². The van der Waals surface area contributed by atoms with Crippen molar-refractivity contribution in [1.29, 1.82) is 0 Å². The average Bonchev–Trinajstić information content (AvgIpc) is 2.92. The Morgan fingerprint density at radius 1 is 0.512 bits per heavy atom. The molecule has 0 fully saturated rings. The largest absolute Gasteiger partial charge is 0.481 e. The Morgan fingerprint density at radius 2 is 0.780 bits per heavy atom. The van der Waals surface area contributed by atoms with Crippen LogP contribution in [0.2, 0.25) is 0 Å². The van der Waals surface area contributed by atoms with E-state index in [9.17, 15) is 18.3 Å². The first-order valence-corrected chi connectivity index (χ1v) is 19.7. The van der Waals surface area contributed by atoms with Crippen molar-refractivity contribution in [2.75, 3.05) is 6.26 Å². The SMILES string of the molecule is CCCCCCCCCCCCCCCCCC[C@H](C(=O)O)[C@@H](CCCCCCCCCCCCC)OS(C)(=O)=O. The van der Waals surface area contributed by atoms with Crippen molar-refractivity contribution in [1.82, 2.24) is 0 Å². The van der Waals surface area contributed by atoms with Gasteiger partial charge in [0.05, 0.1) is 18.3 Å². The van der Waals surface area contributed by atoms with Crippen LogP contribution >= 0.6 is 0 Å². The number of carboxylic acid groups (broad SMARTS) is 1. The monoisotopic (exact) mass is 602 g/mol. The van der Waals surface area contributed by atoms with Crippen LogP contribution in [0.15, 0.2) is 0 Å². The van der Waals surface area contributed by atoms with Gasteiger partial charge in [-0.1, -0.05) is 187 Å². The van der Waals surface area contributed by atoms with Crippen LogP contribution in [0, 0.1) is 5.92 Å². The second-order valence-electron chi connectivity index (χ2n) is 12.7. The molecule has 0 spiro atoms. The summed E-state index contributed by atoms with van der Waals surface area (Å²) in [5, 5.41) is 9.87. The fourth-order valence-electron chi connectivity index (χ4n) is 5.93. The van der Waals surface area contributed by atoms with E-state index in [1.165, 1.54) is 135 Å². The Labute approximate surface area is 256 Å². The third kappa shape index (κ3) is 29.2. The summed E-state index contributed by atoms with van der Waals surface area (Å²) in [7, 11) is -3.69. The van der Waals surface area contributed by atoms with E-state index in [4.69, 9.17) is 4.18 Å². The molecule has 5 nitrogen and oxygen atoms in total. The van der Waals surface area contributed by atoms with Crippen LogP contribution in [-0.2, 0) is 19.1 Å². The molecule has 2 atom stereocenters. The molecule has 0 aliphatic rings. The molecule has 6 heteroatoms. The first kappa shape index (κ1) is 40.4. The van der Waals surface area contributed by atoms with E-state index >= 15 is 0 Å². The molecule has 0 unspecified atom stereocenters. The molecule has 0 rings (SSSR count). The molecule has 0 radical (unpaired) electrons. The number of carboxylic acids is 1. The molecule has 41 heavy (non-hydrogen) atoms. The number of carbonyl (C=O) groups is 1. The van der Waals surface area contributed by atoms with Gasteiger partial charge in [-0.2, -0.15) is 8.42 Å². The Balaban J connectivity index is 4.03. The van der Waals surface area contributed by atoms with Gasteiger partial charge in [0.2, 0.25) is 0 Å². The summed E-state index contributed by atoms with van der Waals surface area (Å²) in [5.74, 6) is -1.68. The molecule has 0 saturated heterocycles. The highest BCUT2D eigenvalue weighted by molar-refractivity contribution is 7.86. The zero-order valence-corrected chi connectivity index (χ0v) is 28.5. The zero-order valence-electron chi connectivity index (χ0n) is 27.6. The van der Waals surface area contributed by atoms with Crippen molar-refractivity contribution in [3.8, 4) is 0 Å². The summed E-state index contributed by atoms with van der Waals surface area (Å²) < 4.78 is 29.1. The lowest BCUT2D eigenvalue weighted by molar-refractivity contribution is -0.145. The third-order valence-electron chi connectivity index (χ3n) is 8.53. The highest BCUT2D eigenvalue weighted by atomic mass is 32.2. The number of rotatable bonds is 33. The van der Waals surface area contributed by atoms with Crippen molar-refractivity contribution in [3.63, 3.8) is 0 Å². The average molecular weight is 603 g/mol. The second-order valence-corrected chi connectivity index (χ2v) is 14.3. The summed E-state index contributed by atoms with van der Waals surface area (Å²) in [6.07, 6.45) is 35.1. The number of hydrogen-bond donors (Lipinski definition) is 1. The van der Waals surface area contributed by atoms with Gasteiger partial charge in [0.1, 0.15) is 0 Å². The lowest BCUT2D eigenvalue weighted by Crippen LogP contribution is -2.32. The summed E-state index contributed by atoms with van der Waals surface area (Å²) >= 11 is 0. The molecular weight excluding hydrogens is 532 g/mol. The molecule has 0 aromatic carbocycles. The van der Waals surface area contributed by atoms with Gasteiger partial charge in [-0.05, 0) is 12.8 Å².